The van der Waals surface area contributed by atoms with Crippen LogP contribution in [0.5, 0.6) is 0 Å². The van der Waals surface area contributed by atoms with Crippen molar-refractivity contribution in [3.63, 3.8) is 0 Å². The number of anilines is 1. The van der Waals surface area contributed by atoms with Crippen molar-refractivity contribution in [2.75, 3.05) is 11.9 Å². The molecule has 0 aliphatic heterocycles. The molecular formula is C34H45N5O9. The second-order valence-corrected chi connectivity index (χ2v) is 13.0. The monoisotopic (exact) mass is 667 g/mol. The van der Waals surface area contributed by atoms with E-state index in [1.54, 1.807) is 77.9 Å². The van der Waals surface area contributed by atoms with E-state index in [0.29, 0.717) is 23.2 Å². The molecule has 14 nitrogen and oxygen atoms in total. The third-order valence-electron chi connectivity index (χ3n) is 6.68. The molecule has 0 radical (unpaired) electrons. The maximum absolute atomic E-state index is 13.4. The van der Waals surface area contributed by atoms with E-state index >= 15 is 0 Å². The Hall–Kier alpha value is -5.13. The predicted molar refractivity (Wildman–Crippen MR) is 177 cm³/mol. The molecule has 7 N–H and O–H groups in total. The molecule has 0 spiro atoms. The van der Waals surface area contributed by atoms with Crippen LogP contribution >= 0.6 is 0 Å². The number of carboxylic acid groups (broad SMARTS) is 1. The van der Waals surface area contributed by atoms with Crippen LogP contribution in [0.4, 0.5) is 15.3 Å². The van der Waals surface area contributed by atoms with Gasteiger partial charge in [0.15, 0.2) is 0 Å². The van der Waals surface area contributed by atoms with Gasteiger partial charge in [-0.05, 0) is 110 Å². The number of rotatable bonds is 11. The van der Waals surface area contributed by atoms with Crippen LogP contribution in [0.3, 0.4) is 0 Å². The normalized spacial score (nSPS) is 13.0. The van der Waals surface area contributed by atoms with Crippen molar-refractivity contribution < 1.29 is 44.1 Å². The molecule has 260 valence electrons. The number of hydroxylamine groups is 1. The van der Waals surface area contributed by atoms with Gasteiger partial charge in [-0.15, -0.1) is 0 Å². The highest BCUT2D eigenvalue weighted by Gasteiger charge is 2.37. The smallest absolute Gasteiger partial charge is 0.408 e. The Morgan fingerprint density at radius 2 is 1.42 bits per heavy atom. The summed E-state index contributed by atoms with van der Waals surface area (Å²) in [6.45, 7) is 11.8. The first-order chi connectivity index (χ1) is 22.3. The van der Waals surface area contributed by atoms with Gasteiger partial charge in [0, 0.05) is 34.5 Å². The Labute approximate surface area is 280 Å². The molecule has 14 heteroatoms. The Kier molecular flexibility index (Phi) is 13.9. The van der Waals surface area contributed by atoms with Crippen LogP contribution in [-0.2, 0) is 14.3 Å². The minimum absolute atomic E-state index is 0.147. The Bertz CT molecular complexity index is 1500. The van der Waals surface area contributed by atoms with E-state index in [1.807, 2.05) is 0 Å². The van der Waals surface area contributed by atoms with Gasteiger partial charge in [-0.3, -0.25) is 24.5 Å². The summed E-state index contributed by atoms with van der Waals surface area (Å²) < 4.78 is 5.22. The summed E-state index contributed by atoms with van der Waals surface area (Å²) in [7, 11) is 0. The molecule has 3 atom stereocenters. The summed E-state index contributed by atoms with van der Waals surface area (Å²) in [5.74, 6) is 3.84. The van der Waals surface area contributed by atoms with Crippen molar-refractivity contribution in [3.8, 4) is 11.8 Å². The van der Waals surface area contributed by atoms with Crippen LogP contribution in [0.25, 0.3) is 0 Å². The number of nitrogens with one attached hydrogen (secondary N) is 4. The topological polar surface area (TPSA) is 207 Å². The van der Waals surface area contributed by atoms with Crippen LogP contribution < -0.4 is 21.4 Å². The molecule has 0 aliphatic rings. The fraction of sp³-hybridized carbons (Fsp3) is 0.441. The quantitative estimate of drug-likeness (QED) is 0.0810. The number of nitrogens with zero attached hydrogens (tertiary/aromatic N) is 1. The lowest BCUT2D eigenvalue weighted by molar-refractivity contribution is -0.133. The second kappa shape index (κ2) is 17.1. The molecule has 48 heavy (non-hydrogen) atoms. The second-order valence-electron chi connectivity index (χ2n) is 13.0. The third kappa shape index (κ3) is 12.6. The minimum atomic E-state index is -1.34. The van der Waals surface area contributed by atoms with Gasteiger partial charge in [0.2, 0.25) is 5.91 Å². The number of carbonyl (C=O) groups excluding carboxylic acids is 4. The summed E-state index contributed by atoms with van der Waals surface area (Å²) in [5.41, 5.74) is 1.70. The van der Waals surface area contributed by atoms with Gasteiger partial charge >= 0.3 is 12.2 Å². The number of carbonyl (C=O) groups is 5. The molecule has 2 aromatic rings. The van der Waals surface area contributed by atoms with Gasteiger partial charge in [-0.25, -0.2) is 15.1 Å². The number of alkyl carbamates (subject to hydrolysis) is 1. The number of hydrogen-bond acceptors (Lipinski definition) is 8. The summed E-state index contributed by atoms with van der Waals surface area (Å²) >= 11 is 0. The third-order valence-corrected chi connectivity index (χ3v) is 6.68. The number of aliphatic hydroxyl groups excluding tert-OH is 1. The number of amides is 5. The fourth-order valence-electron chi connectivity index (χ4n) is 4.48. The van der Waals surface area contributed by atoms with Crippen molar-refractivity contribution in [1.82, 2.24) is 21.0 Å². The molecule has 0 unspecified atom stereocenters. The van der Waals surface area contributed by atoms with Crippen molar-refractivity contribution >= 4 is 35.6 Å². The van der Waals surface area contributed by atoms with Gasteiger partial charge in [-0.2, -0.15) is 0 Å². The molecule has 0 bridgehead atoms. The minimum Gasteiger partial charge on any atom is -0.465 e. The molecular weight excluding hydrogens is 622 g/mol. The van der Waals surface area contributed by atoms with Crippen LogP contribution in [0.2, 0.25) is 0 Å². The SMILES string of the molecule is C[C@@H](O)[C@H](NC(=O)c1ccc(C#Cc2ccc(NC(=O)[C@H](CCCNC(=O)OC(C)(C)C)N(C(=O)O)C(C)(C)C)cc2)cc1)C(=O)NO. The van der Waals surface area contributed by atoms with Gasteiger partial charge in [0.05, 0.1) is 6.10 Å². The molecule has 2 aromatic carbocycles. The van der Waals surface area contributed by atoms with Crippen molar-refractivity contribution in [2.45, 2.75) is 90.6 Å². The van der Waals surface area contributed by atoms with E-state index in [1.165, 1.54) is 24.5 Å². The van der Waals surface area contributed by atoms with Gasteiger partial charge < -0.3 is 30.9 Å². The average Bonchev–Trinajstić information content (AvgIpc) is 2.98. The maximum atomic E-state index is 13.4. The fourth-order valence-corrected chi connectivity index (χ4v) is 4.48. The van der Waals surface area contributed by atoms with E-state index in [9.17, 15) is 34.2 Å². The first kappa shape index (κ1) is 39.1. The summed E-state index contributed by atoms with van der Waals surface area (Å²) in [4.78, 5) is 62.9. The van der Waals surface area contributed by atoms with Gasteiger partial charge in [0.25, 0.3) is 11.8 Å². The van der Waals surface area contributed by atoms with Crippen LogP contribution in [0, 0.1) is 11.8 Å². The van der Waals surface area contributed by atoms with E-state index in [4.69, 9.17) is 9.94 Å². The van der Waals surface area contributed by atoms with E-state index in [2.05, 4.69) is 27.8 Å². The molecule has 0 aromatic heterocycles. The van der Waals surface area contributed by atoms with Crippen molar-refractivity contribution in [2.24, 2.45) is 0 Å². The molecule has 2 rings (SSSR count). The van der Waals surface area contributed by atoms with Crippen molar-refractivity contribution in [3.05, 3.63) is 65.2 Å². The van der Waals surface area contributed by atoms with E-state index in [-0.39, 0.29) is 18.5 Å². The van der Waals surface area contributed by atoms with E-state index < -0.39 is 59.2 Å². The zero-order chi connectivity index (χ0) is 36.2. The van der Waals surface area contributed by atoms with E-state index in [0.717, 1.165) is 4.90 Å². The predicted octanol–water partition coefficient (Wildman–Crippen LogP) is 3.46. The van der Waals surface area contributed by atoms with Gasteiger partial charge in [0.1, 0.15) is 17.7 Å². The number of hydrogen-bond donors (Lipinski definition) is 7. The standard InChI is InChI=1S/C34H45N5O9/c1-21(40)27(30(43)38-47)37-28(41)24-16-12-22(13-17-24)10-11-23-14-18-25(19-15-23)36-29(42)26(39(32(45)46)33(2,3)4)9-8-20-35-31(44)48-34(5,6)7/h12-19,21,26-27,40,47H,8-9,20H2,1-7H3,(H,35,44)(H,36,42)(H,37,41)(H,38,43)(H,45,46)/t21-,26+,27+/m1/s1. The Morgan fingerprint density at radius 1 is 0.875 bits per heavy atom. The average molecular weight is 668 g/mol. The van der Waals surface area contributed by atoms with Crippen LogP contribution in [-0.4, -0.2) is 86.1 Å². The number of ether oxygens (including phenoxy) is 1. The Balaban J connectivity index is 2.10. The summed E-state index contributed by atoms with van der Waals surface area (Å²) in [6, 6.07) is 10.5. The summed E-state index contributed by atoms with van der Waals surface area (Å²) in [6.07, 6.45) is -2.62. The molecule has 0 saturated heterocycles. The van der Waals surface area contributed by atoms with Gasteiger partial charge in [-0.1, -0.05) is 11.8 Å². The first-order valence-corrected chi connectivity index (χ1v) is 15.3. The highest BCUT2D eigenvalue weighted by Crippen LogP contribution is 2.22. The lowest BCUT2D eigenvalue weighted by atomic mass is 9.99. The number of aliphatic hydroxyl groups is 1. The molecule has 5 amide bonds. The molecule has 0 saturated carbocycles. The zero-order valence-corrected chi connectivity index (χ0v) is 28.2. The Morgan fingerprint density at radius 3 is 1.88 bits per heavy atom. The number of benzene rings is 2. The zero-order valence-electron chi connectivity index (χ0n) is 28.2. The highest BCUT2D eigenvalue weighted by molar-refractivity contribution is 5.98. The van der Waals surface area contributed by atoms with Crippen LogP contribution in [0.1, 0.15) is 82.8 Å². The lowest BCUT2D eigenvalue weighted by Gasteiger charge is -2.38. The molecule has 0 aliphatic carbocycles. The summed E-state index contributed by atoms with van der Waals surface area (Å²) in [5, 5.41) is 36.2. The largest absolute Gasteiger partial charge is 0.465 e. The lowest BCUT2D eigenvalue weighted by Crippen LogP contribution is -2.55. The maximum Gasteiger partial charge on any atom is 0.408 e. The van der Waals surface area contributed by atoms with Crippen LogP contribution in [0.15, 0.2) is 48.5 Å². The van der Waals surface area contributed by atoms with Crippen molar-refractivity contribution in [1.29, 1.82) is 0 Å². The molecule has 0 heterocycles. The highest BCUT2D eigenvalue weighted by atomic mass is 16.6. The molecule has 0 fully saturated rings. The first-order valence-electron chi connectivity index (χ1n) is 15.3.